The van der Waals surface area contributed by atoms with Gasteiger partial charge in [0.05, 0.1) is 11.8 Å². The Balaban J connectivity index is 2.39. The van der Waals surface area contributed by atoms with E-state index in [1.807, 2.05) is 6.92 Å². The first-order chi connectivity index (χ1) is 8.60. The number of rotatable bonds is 7. The molecule has 5 nitrogen and oxygen atoms in total. The molecule has 4 N–H and O–H groups in total. The third-order valence-electron chi connectivity index (χ3n) is 3.81. The largest absolute Gasteiger partial charge is 0.481 e. The normalized spacial score (nSPS) is 24.8. The molecule has 0 saturated heterocycles. The summed E-state index contributed by atoms with van der Waals surface area (Å²) in [6.45, 7) is 2.84. The molecule has 104 valence electrons. The van der Waals surface area contributed by atoms with Crippen molar-refractivity contribution in [2.45, 2.75) is 39.0 Å². The Kier molecular flexibility index (Phi) is 6.12. The van der Waals surface area contributed by atoms with E-state index in [9.17, 15) is 9.59 Å². The molecule has 0 heterocycles. The Bertz CT molecular complexity index is 294. The molecule has 1 rings (SSSR count). The maximum absolute atomic E-state index is 11.9. The van der Waals surface area contributed by atoms with Crippen LogP contribution in [0.5, 0.6) is 0 Å². The summed E-state index contributed by atoms with van der Waals surface area (Å²) < 4.78 is 0. The fourth-order valence-electron chi connectivity index (χ4n) is 2.69. The molecule has 0 radical (unpaired) electrons. The molecule has 0 bridgehead atoms. The molecule has 5 heteroatoms. The van der Waals surface area contributed by atoms with Crippen molar-refractivity contribution in [1.29, 1.82) is 0 Å². The smallest absolute Gasteiger partial charge is 0.306 e. The number of carbonyl (C=O) groups is 2. The van der Waals surface area contributed by atoms with Crippen molar-refractivity contribution in [2.75, 3.05) is 13.1 Å². The first-order valence-electron chi connectivity index (χ1n) is 6.80. The van der Waals surface area contributed by atoms with Crippen LogP contribution < -0.4 is 11.1 Å². The Morgan fingerprint density at radius 3 is 2.72 bits per heavy atom. The van der Waals surface area contributed by atoms with Gasteiger partial charge in [0.2, 0.25) is 5.91 Å². The number of carbonyl (C=O) groups excluding carboxylic acids is 1. The van der Waals surface area contributed by atoms with Crippen LogP contribution in [0.2, 0.25) is 0 Å². The molecule has 1 fully saturated rings. The van der Waals surface area contributed by atoms with Crippen molar-refractivity contribution < 1.29 is 14.7 Å². The SMILES string of the molecule is CCCC(CN)C(=O)NCC1CCCC1C(=O)O. The minimum Gasteiger partial charge on any atom is -0.481 e. The average molecular weight is 256 g/mol. The molecule has 0 aliphatic heterocycles. The van der Waals surface area contributed by atoms with Gasteiger partial charge in [-0.2, -0.15) is 0 Å². The first kappa shape index (κ1) is 15.0. The van der Waals surface area contributed by atoms with E-state index in [-0.39, 0.29) is 23.7 Å². The zero-order valence-corrected chi connectivity index (χ0v) is 11.0. The summed E-state index contributed by atoms with van der Waals surface area (Å²) in [5, 5.41) is 11.9. The van der Waals surface area contributed by atoms with Crippen molar-refractivity contribution >= 4 is 11.9 Å². The molecule has 0 spiro atoms. The molecule has 0 aromatic rings. The second-order valence-corrected chi connectivity index (χ2v) is 5.10. The van der Waals surface area contributed by atoms with E-state index in [4.69, 9.17) is 10.8 Å². The number of carboxylic acid groups (broad SMARTS) is 1. The lowest BCUT2D eigenvalue weighted by atomic mass is 9.95. The van der Waals surface area contributed by atoms with E-state index in [2.05, 4.69) is 5.32 Å². The zero-order chi connectivity index (χ0) is 13.5. The van der Waals surface area contributed by atoms with Gasteiger partial charge in [-0.15, -0.1) is 0 Å². The van der Waals surface area contributed by atoms with Crippen molar-refractivity contribution in [1.82, 2.24) is 5.32 Å². The first-order valence-corrected chi connectivity index (χ1v) is 6.80. The third kappa shape index (κ3) is 3.98. The summed E-state index contributed by atoms with van der Waals surface area (Å²) in [5.41, 5.74) is 5.56. The second-order valence-electron chi connectivity index (χ2n) is 5.10. The van der Waals surface area contributed by atoms with Crippen LogP contribution in [0.3, 0.4) is 0 Å². The lowest BCUT2D eigenvalue weighted by molar-refractivity contribution is -0.143. The molecule has 1 amide bonds. The van der Waals surface area contributed by atoms with Crippen LogP contribution in [-0.2, 0) is 9.59 Å². The van der Waals surface area contributed by atoms with Gasteiger partial charge in [0, 0.05) is 13.1 Å². The topological polar surface area (TPSA) is 92.4 Å². The highest BCUT2D eigenvalue weighted by Gasteiger charge is 2.33. The van der Waals surface area contributed by atoms with Crippen molar-refractivity contribution in [3.63, 3.8) is 0 Å². The van der Waals surface area contributed by atoms with Crippen LogP contribution in [0, 0.1) is 17.8 Å². The van der Waals surface area contributed by atoms with Gasteiger partial charge in [0.25, 0.3) is 0 Å². The minimum atomic E-state index is -0.740. The van der Waals surface area contributed by atoms with Crippen molar-refractivity contribution in [2.24, 2.45) is 23.5 Å². The number of nitrogens with two attached hydrogens (primary N) is 1. The Labute approximate surface area is 108 Å². The maximum Gasteiger partial charge on any atom is 0.306 e. The monoisotopic (exact) mass is 256 g/mol. The number of hydrogen-bond donors (Lipinski definition) is 3. The van der Waals surface area contributed by atoms with Gasteiger partial charge in [0.15, 0.2) is 0 Å². The van der Waals surface area contributed by atoms with Crippen molar-refractivity contribution in [3.05, 3.63) is 0 Å². The molecule has 1 aliphatic carbocycles. The van der Waals surface area contributed by atoms with E-state index in [0.717, 1.165) is 32.1 Å². The van der Waals surface area contributed by atoms with E-state index < -0.39 is 5.97 Å². The molecule has 0 aromatic heterocycles. The highest BCUT2D eigenvalue weighted by atomic mass is 16.4. The van der Waals surface area contributed by atoms with Gasteiger partial charge in [-0.25, -0.2) is 0 Å². The Morgan fingerprint density at radius 1 is 1.44 bits per heavy atom. The zero-order valence-electron chi connectivity index (χ0n) is 11.0. The highest BCUT2D eigenvalue weighted by molar-refractivity contribution is 5.79. The van der Waals surface area contributed by atoms with Gasteiger partial charge >= 0.3 is 5.97 Å². The van der Waals surface area contributed by atoms with Gasteiger partial charge in [-0.3, -0.25) is 9.59 Å². The molecular weight excluding hydrogens is 232 g/mol. The van der Waals surface area contributed by atoms with Crippen LogP contribution in [-0.4, -0.2) is 30.1 Å². The summed E-state index contributed by atoms with van der Waals surface area (Å²) in [6.07, 6.45) is 4.27. The predicted molar refractivity (Wildman–Crippen MR) is 68.9 cm³/mol. The van der Waals surface area contributed by atoms with E-state index in [1.54, 1.807) is 0 Å². The molecule has 18 heavy (non-hydrogen) atoms. The summed E-state index contributed by atoms with van der Waals surface area (Å²) >= 11 is 0. The lowest BCUT2D eigenvalue weighted by Crippen LogP contribution is -2.39. The fraction of sp³-hybridized carbons (Fsp3) is 0.846. The van der Waals surface area contributed by atoms with Gasteiger partial charge in [-0.05, 0) is 25.2 Å². The molecule has 1 saturated carbocycles. The number of hydrogen-bond acceptors (Lipinski definition) is 3. The summed E-state index contributed by atoms with van der Waals surface area (Å²) in [4.78, 5) is 22.9. The Hall–Kier alpha value is -1.10. The molecule has 3 atom stereocenters. The minimum absolute atomic E-state index is 0.0320. The summed E-state index contributed by atoms with van der Waals surface area (Å²) in [7, 11) is 0. The fourth-order valence-corrected chi connectivity index (χ4v) is 2.69. The number of aliphatic carboxylic acids is 1. The van der Waals surface area contributed by atoms with Gasteiger partial charge < -0.3 is 16.2 Å². The predicted octanol–water partition coefficient (Wildman–Crippen LogP) is 0.979. The quantitative estimate of drug-likeness (QED) is 0.633. The van der Waals surface area contributed by atoms with Gasteiger partial charge in [0.1, 0.15) is 0 Å². The van der Waals surface area contributed by atoms with Crippen LogP contribution in [0.25, 0.3) is 0 Å². The van der Waals surface area contributed by atoms with E-state index >= 15 is 0 Å². The van der Waals surface area contributed by atoms with Crippen LogP contribution in [0.4, 0.5) is 0 Å². The molecule has 0 aromatic carbocycles. The van der Waals surface area contributed by atoms with Crippen LogP contribution in [0.15, 0.2) is 0 Å². The van der Waals surface area contributed by atoms with Crippen molar-refractivity contribution in [3.8, 4) is 0 Å². The molecule has 1 aliphatic rings. The van der Waals surface area contributed by atoms with Gasteiger partial charge in [-0.1, -0.05) is 19.8 Å². The maximum atomic E-state index is 11.9. The second kappa shape index (κ2) is 7.36. The lowest BCUT2D eigenvalue weighted by Gasteiger charge is -2.19. The summed E-state index contributed by atoms with van der Waals surface area (Å²) in [6, 6.07) is 0. The third-order valence-corrected chi connectivity index (χ3v) is 3.81. The molecule has 3 unspecified atom stereocenters. The number of carboxylic acids is 1. The number of amides is 1. The van der Waals surface area contributed by atoms with Crippen LogP contribution >= 0.6 is 0 Å². The summed E-state index contributed by atoms with van der Waals surface area (Å²) in [5.74, 6) is -1.13. The van der Waals surface area contributed by atoms with E-state index in [0.29, 0.717) is 13.1 Å². The van der Waals surface area contributed by atoms with E-state index in [1.165, 1.54) is 0 Å². The van der Waals surface area contributed by atoms with Crippen LogP contribution in [0.1, 0.15) is 39.0 Å². The Morgan fingerprint density at radius 2 is 2.17 bits per heavy atom. The standard InChI is InChI=1S/C13H24N2O3/c1-2-4-9(7-14)12(16)15-8-10-5-3-6-11(10)13(17)18/h9-11H,2-8,14H2,1H3,(H,15,16)(H,17,18). The number of nitrogens with one attached hydrogen (secondary N) is 1. The highest BCUT2D eigenvalue weighted by Crippen LogP contribution is 2.31. The molecular formula is C13H24N2O3. The average Bonchev–Trinajstić information content (AvgIpc) is 2.81.